The fourth-order valence-electron chi connectivity index (χ4n) is 1.05. The summed E-state index contributed by atoms with van der Waals surface area (Å²) in [6.45, 7) is 0. The molecule has 0 spiro atoms. The normalized spacial score (nSPS) is 10.5. The van der Waals surface area contributed by atoms with Crippen molar-refractivity contribution in [1.29, 1.82) is 0 Å². The summed E-state index contributed by atoms with van der Waals surface area (Å²) in [7, 11) is 0. The average molecular weight is 242 g/mol. The number of rotatable bonds is 0. The van der Waals surface area contributed by atoms with Gasteiger partial charge in [-0.2, -0.15) is 5.10 Å². The number of aromatic nitrogens is 3. The standard InChI is InChI=1S/C7H4BrN3O2/c8-5-4-2-1-3-9-6(4)11(10-5)7(12)13/h1-3H,(H,12,13). The van der Waals surface area contributed by atoms with Gasteiger partial charge in [-0.3, -0.25) is 0 Å². The summed E-state index contributed by atoms with van der Waals surface area (Å²) in [5.41, 5.74) is 0.335. The van der Waals surface area contributed by atoms with Crippen LogP contribution in [-0.2, 0) is 0 Å². The van der Waals surface area contributed by atoms with Gasteiger partial charge in [-0.25, -0.2) is 9.78 Å². The molecule has 2 aromatic rings. The molecule has 1 N–H and O–H groups in total. The predicted molar refractivity (Wildman–Crippen MR) is 48.7 cm³/mol. The molecule has 5 nitrogen and oxygen atoms in total. The van der Waals surface area contributed by atoms with Crippen molar-refractivity contribution in [2.75, 3.05) is 0 Å². The molecule has 0 aliphatic heterocycles. The Hall–Kier alpha value is -1.43. The third-order valence-electron chi connectivity index (χ3n) is 1.58. The fourth-order valence-corrected chi connectivity index (χ4v) is 1.52. The van der Waals surface area contributed by atoms with E-state index in [1.165, 1.54) is 6.20 Å². The molecule has 0 radical (unpaired) electrons. The summed E-state index contributed by atoms with van der Waals surface area (Å²) in [6.07, 6.45) is 0.380. The molecule has 0 unspecified atom stereocenters. The van der Waals surface area contributed by atoms with Gasteiger partial charge in [0.2, 0.25) is 0 Å². The van der Waals surface area contributed by atoms with E-state index in [1.54, 1.807) is 12.1 Å². The molecule has 2 rings (SSSR count). The highest BCUT2D eigenvalue weighted by molar-refractivity contribution is 9.10. The highest BCUT2D eigenvalue weighted by Gasteiger charge is 2.12. The molecule has 0 aliphatic rings. The summed E-state index contributed by atoms with van der Waals surface area (Å²) in [4.78, 5) is 14.6. The molecule has 6 heteroatoms. The highest BCUT2D eigenvalue weighted by atomic mass is 79.9. The molecular weight excluding hydrogens is 238 g/mol. The average Bonchev–Trinajstić information content (AvgIpc) is 2.45. The van der Waals surface area contributed by atoms with E-state index in [0.29, 0.717) is 15.6 Å². The first-order valence-corrected chi connectivity index (χ1v) is 4.22. The van der Waals surface area contributed by atoms with Crippen LogP contribution >= 0.6 is 15.9 Å². The van der Waals surface area contributed by atoms with Crippen LogP contribution in [-0.4, -0.2) is 26.0 Å². The van der Waals surface area contributed by atoms with Crippen molar-refractivity contribution >= 4 is 33.1 Å². The van der Waals surface area contributed by atoms with Gasteiger partial charge >= 0.3 is 6.09 Å². The molecule has 2 heterocycles. The molecule has 0 amide bonds. The Bertz CT molecular complexity index is 480. The van der Waals surface area contributed by atoms with Gasteiger partial charge < -0.3 is 5.11 Å². The number of pyridine rings is 1. The van der Waals surface area contributed by atoms with Crippen LogP contribution in [0.25, 0.3) is 11.0 Å². The number of carboxylic acid groups (broad SMARTS) is 1. The topological polar surface area (TPSA) is 68.0 Å². The lowest BCUT2D eigenvalue weighted by atomic mass is 10.4. The number of nitrogens with zero attached hydrogens (tertiary/aromatic N) is 3. The van der Waals surface area contributed by atoms with Gasteiger partial charge in [-0.05, 0) is 28.1 Å². The van der Waals surface area contributed by atoms with Gasteiger partial charge in [0.05, 0.1) is 5.39 Å². The number of fused-ring (bicyclic) bond motifs is 1. The lowest BCUT2D eigenvalue weighted by molar-refractivity contribution is 0.193. The zero-order valence-corrected chi connectivity index (χ0v) is 7.89. The Morgan fingerprint density at radius 3 is 3.08 bits per heavy atom. The zero-order valence-electron chi connectivity index (χ0n) is 6.31. The van der Waals surface area contributed by atoms with Crippen LogP contribution < -0.4 is 0 Å². The molecule has 2 aromatic heterocycles. The Labute approximate surface area is 81.1 Å². The first kappa shape index (κ1) is 8.18. The Morgan fingerprint density at radius 1 is 1.62 bits per heavy atom. The highest BCUT2D eigenvalue weighted by Crippen LogP contribution is 2.20. The van der Waals surface area contributed by atoms with Crippen molar-refractivity contribution in [3.8, 4) is 0 Å². The van der Waals surface area contributed by atoms with Gasteiger partial charge in [0, 0.05) is 6.20 Å². The molecular formula is C7H4BrN3O2. The minimum absolute atomic E-state index is 0.335. The summed E-state index contributed by atoms with van der Waals surface area (Å²) >= 11 is 3.15. The van der Waals surface area contributed by atoms with Crippen molar-refractivity contribution in [2.45, 2.75) is 0 Å². The second-order valence-corrected chi connectivity index (χ2v) is 3.11. The predicted octanol–water partition coefficient (Wildman–Crippen LogP) is 1.72. The molecule has 13 heavy (non-hydrogen) atoms. The number of carbonyl (C=O) groups is 1. The van der Waals surface area contributed by atoms with Crippen molar-refractivity contribution < 1.29 is 9.90 Å². The number of hydrogen-bond acceptors (Lipinski definition) is 3. The maximum atomic E-state index is 10.7. The largest absolute Gasteiger partial charge is 0.463 e. The molecule has 0 bridgehead atoms. The minimum atomic E-state index is -1.14. The van der Waals surface area contributed by atoms with E-state index in [2.05, 4.69) is 26.0 Å². The van der Waals surface area contributed by atoms with E-state index >= 15 is 0 Å². The van der Waals surface area contributed by atoms with Crippen LogP contribution in [0.15, 0.2) is 22.9 Å². The fraction of sp³-hybridized carbons (Fsp3) is 0. The maximum absolute atomic E-state index is 10.7. The quantitative estimate of drug-likeness (QED) is 0.763. The van der Waals surface area contributed by atoms with E-state index in [-0.39, 0.29) is 0 Å². The molecule has 66 valence electrons. The lowest BCUT2D eigenvalue weighted by Crippen LogP contribution is -2.09. The van der Waals surface area contributed by atoms with Crippen molar-refractivity contribution in [3.05, 3.63) is 22.9 Å². The lowest BCUT2D eigenvalue weighted by Gasteiger charge is -1.91. The summed E-state index contributed by atoms with van der Waals surface area (Å²) in [6, 6.07) is 3.47. The molecule has 0 saturated carbocycles. The zero-order chi connectivity index (χ0) is 9.42. The second-order valence-electron chi connectivity index (χ2n) is 2.36. The van der Waals surface area contributed by atoms with Crippen LogP contribution in [0.4, 0.5) is 4.79 Å². The van der Waals surface area contributed by atoms with Crippen LogP contribution in [0.2, 0.25) is 0 Å². The van der Waals surface area contributed by atoms with E-state index < -0.39 is 6.09 Å². The van der Waals surface area contributed by atoms with Crippen molar-refractivity contribution in [1.82, 2.24) is 14.8 Å². The van der Waals surface area contributed by atoms with Crippen LogP contribution in [0.3, 0.4) is 0 Å². The van der Waals surface area contributed by atoms with E-state index in [4.69, 9.17) is 5.11 Å². The van der Waals surface area contributed by atoms with Gasteiger partial charge in [0.25, 0.3) is 0 Å². The minimum Gasteiger partial charge on any atom is -0.463 e. The van der Waals surface area contributed by atoms with E-state index in [1.807, 2.05) is 0 Å². The molecule has 0 saturated heterocycles. The first-order chi connectivity index (χ1) is 6.20. The second kappa shape index (κ2) is 2.81. The van der Waals surface area contributed by atoms with Crippen molar-refractivity contribution in [2.24, 2.45) is 0 Å². The van der Waals surface area contributed by atoms with Crippen molar-refractivity contribution in [3.63, 3.8) is 0 Å². The van der Waals surface area contributed by atoms with Gasteiger partial charge in [0.15, 0.2) is 5.65 Å². The molecule has 0 atom stereocenters. The SMILES string of the molecule is O=C(O)n1nc(Br)c2cccnc21. The van der Waals surface area contributed by atoms with E-state index in [9.17, 15) is 4.79 Å². The Morgan fingerprint density at radius 2 is 2.38 bits per heavy atom. The summed E-state index contributed by atoms with van der Waals surface area (Å²) < 4.78 is 1.32. The summed E-state index contributed by atoms with van der Waals surface area (Å²) in [5.74, 6) is 0. The number of hydrogen-bond donors (Lipinski definition) is 1. The van der Waals surface area contributed by atoms with E-state index in [0.717, 1.165) is 4.68 Å². The van der Waals surface area contributed by atoms with Gasteiger partial charge in [0.1, 0.15) is 4.60 Å². The third-order valence-corrected chi connectivity index (χ3v) is 2.16. The number of halogens is 1. The molecule has 0 aromatic carbocycles. The van der Waals surface area contributed by atoms with Crippen LogP contribution in [0.5, 0.6) is 0 Å². The molecule has 0 fully saturated rings. The Kier molecular flexibility index (Phi) is 1.77. The third kappa shape index (κ3) is 1.19. The summed E-state index contributed by atoms with van der Waals surface area (Å²) in [5, 5.41) is 13.2. The smallest absolute Gasteiger partial charge is 0.434 e. The monoisotopic (exact) mass is 241 g/mol. The van der Waals surface area contributed by atoms with Gasteiger partial charge in [-0.15, -0.1) is 4.68 Å². The Balaban J connectivity index is 2.85. The van der Waals surface area contributed by atoms with Gasteiger partial charge in [-0.1, -0.05) is 0 Å². The molecule has 0 aliphatic carbocycles. The maximum Gasteiger partial charge on any atom is 0.434 e. The van der Waals surface area contributed by atoms with Crippen LogP contribution in [0, 0.1) is 0 Å². The van der Waals surface area contributed by atoms with Crippen LogP contribution in [0.1, 0.15) is 0 Å². The first-order valence-electron chi connectivity index (χ1n) is 3.42.